The molecular weight excluding hydrogens is 420 g/mol. The Morgan fingerprint density at radius 3 is 2.47 bits per heavy atom. The Morgan fingerprint density at radius 2 is 1.81 bits per heavy atom. The van der Waals surface area contributed by atoms with E-state index in [1.54, 1.807) is 60.5 Å². The van der Waals surface area contributed by atoms with E-state index in [0.717, 1.165) is 0 Å². The van der Waals surface area contributed by atoms with Crippen molar-refractivity contribution >= 4 is 17.5 Å². The Kier molecular flexibility index (Phi) is 8.38. The molecule has 2 N–H and O–H groups in total. The highest BCUT2D eigenvalue weighted by Crippen LogP contribution is 2.17. The van der Waals surface area contributed by atoms with E-state index in [2.05, 4.69) is 10.6 Å². The average Bonchev–Trinajstić information content (AvgIpc) is 2.79. The number of hydrogen-bond donors (Lipinski definition) is 2. The smallest absolute Gasteiger partial charge is 0.262 e. The second-order valence-electron chi connectivity index (χ2n) is 7.53. The molecule has 32 heavy (non-hydrogen) atoms. The van der Waals surface area contributed by atoms with Gasteiger partial charge in [-0.1, -0.05) is 6.07 Å². The Morgan fingerprint density at radius 1 is 1.09 bits per heavy atom. The number of likely N-dealkylation sites (tertiary alicyclic amines) is 1. The van der Waals surface area contributed by atoms with Gasteiger partial charge in [0, 0.05) is 36.4 Å². The summed E-state index contributed by atoms with van der Waals surface area (Å²) in [5, 5.41) is 5.67. The van der Waals surface area contributed by atoms with Crippen molar-refractivity contribution in [3.8, 4) is 11.5 Å². The number of carbonyl (C=O) groups is 2. The first-order chi connectivity index (χ1) is 15.4. The van der Waals surface area contributed by atoms with Crippen LogP contribution in [0.4, 0.5) is 14.5 Å². The topological polar surface area (TPSA) is 79.9 Å². The molecule has 3 rings (SSSR count). The van der Waals surface area contributed by atoms with Gasteiger partial charge in [0.15, 0.2) is 6.61 Å². The summed E-state index contributed by atoms with van der Waals surface area (Å²) in [6.07, 6.45) is -1.06. The van der Waals surface area contributed by atoms with Gasteiger partial charge in [-0.25, -0.2) is 8.78 Å². The summed E-state index contributed by atoms with van der Waals surface area (Å²) < 4.78 is 35.5. The Hall–Kier alpha value is -3.20. The van der Waals surface area contributed by atoms with Crippen LogP contribution in [0.2, 0.25) is 0 Å². The minimum atomic E-state index is -2.34. The molecule has 1 saturated heterocycles. The summed E-state index contributed by atoms with van der Waals surface area (Å²) in [6, 6.07) is 13.5. The maximum Gasteiger partial charge on any atom is 0.262 e. The number of ether oxygens (including phenoxy) is 2. The largest absolute Gasteiger partial charge is 0.497 e. The summed E-state index contributed by atoms with van der Waals surface area (Å²) in [6.45, 7) is 0.680. The van der Waals surface area contributed by atoms with Crippen molar-refractivity contribution in [2.24, 2.45) is 0 Å². The number of rotatable bonds is 9. The summed E-state index contributed by atoms with van der Waals surface area (Å²) in [5.74, 6) is 0.553. The van der Waals surface area contributed by atoms with Gasteiger partial charge in [0.05, 0.1) is 13.7 Å². The van der Waals surface area contributed by atoms with Crippen molar-refractivity contribution in [2.75, 3.05) is 38.7 Å². The van der Waals surface area contributed by atoms with Crippen LogP contribution in [0.1, 0.15) is 23.2 Å². The predicted molar refractivity (Wildman–Crippen MR) is 116 cm³/mol. The van der Waals surface area contributed by atoms with Gasteiger partial charge in [-0.05, 0) is 49.2 Å². The fraction of sp³-hybridized carbons (Fsp3) is 0.391. The normalized spacial score (nSPS) is 14.8. The van der Waals surface area contributed by atoms with E-state index in [4.69, 9.17) is 9.47 Å². The quantitative estimate of drug-likeness (QED) is 0.617. The average molecular weight is 447 g/mol. The lowest BCUT2D eigenvalue weighted by molar-refractivity contribution is -0.118. The van der Waals surface area contributed by atoms with Crippen LogP contribution in [0.3, 0.4) is 0 Å². The third kappa shape index (κ3) is 7.19. The molecule has 1 fully saturated rings. The molecule has 2 aromatic rings. The van der Waals surface area contributed by atoms with Crippen LogP contribution in [0.15, 0.2) is 48.5 Å². The van der Waals surface area contributed by atoms with Gasteiger partial charge in [0.2, 0.25) is 0 Å². The molecule has 172 valence electrons. The van der Waals surface area contributed by atoms with Crippen LogP contribution in [-0.4, -0.2) is 62.5 Å². The van der Waals surface area contributed by atoms with Gasteiger partial charge in [0.1, 0.15) is 11.5 Å². The molecule has 0 atom stereocenters. The molecule has 0 bridgehead atoms. The molecule has 0 aromatic heterocycles. The maximum absolute atomic E-state index is 12.5. The minimum Gasteiger partial charge on any atom is -0.497 e. The van der Waals surface area contributed by atoms with E-state index in [1.165, 1.54) is 0 Å². The summed E-state index contributed by atoms with van der Waals surface area (Å²) >= 11 is 0. The number of methoxy groups -OCH3 is 1. The molecule has 0 saturated carbocycles. The van der Waals surface area contributed by atoms with Crippen molar-refractivity contribution in [3.63, 3.8) is 0 Å². The first kappa shape index (κ1) is 23.5. The number of piperidine rings is 1. The monoisotopic (exact) mass is 447 g/mol. The number of alkyl halides is 2. The van der Waals surface area contributed by atoms with Crippen molar-refractivity contribution in [1.82, 2.24) is 10.2 Å². The zero-order chi connectivity index (χ0) is 22.9. The molecule has 2 amide bonds. The SMILES string of the molecule is COc1cccc(NC(=O)COc2ccc(C(=O)NC3CCN(CC(F)F)CC3)cc2)c1. The lowest BCUT2D eigenvalue weighted by Gasteiger charge is -2.32. The van der Waals surface area contributed by atoms with Crippen molar-refractivity contribution in [3.05, 3.63) is 54.1 Å². The van der Waals surface area contributed by atoms with Crippen LogP contribution in [0.25, 0.3) is 0 Å². The number of hydrogen-bond acceptors (Lipinski definition) is 5. The lowest BCUT2D eigenvalue weighted by Crippen LogP contribution is -2.45. The van der Waals surface area contributed by atoms with Gasteiger partial charge in [0.25, 0.3) is 18.2 Å². The van der Waals surface area contributed by atoms with E-state index >= 15 is 0 Å². The molecule has 1 aliphatic rings. The van der Waals surface area contributed by atoms with Crippen LogP contribution in [0, 0.1) is 0 Å². The van der Waals surface area contributed by atoms with E-state index in [-0.39, 0.29) is 31.0 Å². The molecule has 2 aromatic carbocycles. The number of anilines is 1. The van der Waals surface area contributed by atoms with Crippen LogP contribution >= 0.6 is 0 Å². The van der Waals surface area contributed by atoms with Gasteiger partial charge >= 0.3 is 0 Å². The zero-order valence-electron chi connectivity index (χ0n) is 17.9. The molecular formula is C23H27F2N3O4. The highest BCUT2D eigenvalue weighted by molar-refractivity contribution is 5.94. The molecule has 0 radical (unpaired) electrons. The minimum absolute atomic E-state index is 0.0346. The van der Waals surface area contributed by atoms with Crippen LogP contribution < -0.4 is 20.1 Å². The summed E-state index contributed by atoms with van der Waals surface area (Å²) in [5.41, 5.74) is 1.07. The highest BCUT2D eigenvalue weighted by atomic mass is 19.3. The van der Waals surface area contributed by atoms with E-state index < -0.39 is 6.43 Å². The standard InChI is InChI=1S/C23H27F2N3O4/c1-31-20-4-2-3-18(13-20)26-22(29)15-32-19-7-5-16(6-8-19)23(30)27-17-9-11-28(12-10-17)14-21(24)25/h2-8,13,17,21H,9-12,14-15H2,1H3,(H,26,29)(H,27,30). The number of benzene rings is 2. The first-order valence-electron chi connectivity index (χ1n) is 10.4. The third-order valence-corrected chi connectivity index (χ3v) is 5.16. The second-order valence-corrected chi connectivity index (χ2v) is 7.53. The number of halogens is 2. The number of nitrogens with zero attached hydrogens (tertiary/aromatic N) is 1. The van der Waals surface area contributed by atoms with Crippen LogP contribution in [0.5, 0.6) is 11.5 Å². The fourth-order valence-corrected chi connectivity index (χ4v) is 3.47. The van der Waals surface area contributed by atoms with Crippen molar-refractivity contribution in [2.45, 2.75) is 25.3 Å². The summed E-state index contributed by atoms with van der Waals surface area (Å²) in [4.78, 5) is 26.2. The number of carbonyl (C=O) groups excluding carboxylic acids is 2. The van der Waals surface area contributed by atoms with Gasteiger partial charge in [-0.2, -0.15) is 0 Å². The van der Waals surface area contributed by atoms with Crippen molar-refractivity contribution in [1.29, 1.82) is 0 Å². The predicted octanol–water partition coefficient (Wildman–Crippen LogP) is 3.17. The Bertz CT molecular complexity index is 900. The number of nitrogens with one attached hydrogen (secondary N) is 2. The Balaban J connectivity index is 1.42. The van der Waals surface area contributed by atoms with Crippen molar-refractivity contribution < 1.29 is 27.8 Å². The fourth-order valence-electron chi connectivity index (χ4n) is 3.47. The van der Waals surface area contributed by atoms with E-state index in [0.29, 0.717) is 48.7 Å². The first-order valence-corrected chi connectivity index (χ1v) is 10.4. The van der Waals surface area contributed by atoms with E-state index in [1.807, 2.05) is 0 Å². The third-order valence-electron chi connectivity index (χ3n) is 5.16. The lowest BCUT2D eigenvalue weighted by atomic mass is 10.0. The molecule has 1 heterocycles. The molecule has 0 spiro atoms. The van der Waals surface area contributed by atoms with Gasteiger partial charge in [-0.15, -0.1) is 0 Å². The van der Waals surface area contributed by atoms with Gasteiger partial charge < -0.3 is 20.1 Å². The molecule has 7 nitrogen and oxygen atoms in total. The van der Waals surface area contributed by atoms with Gasteiger partial charge in [-0.3, -0.25) is 14.5 Å². The molecule has 0 aliphatic carbocycles. The maximum atomic E-state index is 12.5. The second kappa shape index (κ2) is 11.4. The van der Waals surface area contributed by atoms with Crippen LogP contribution in [-0.2, 0) is 4.79 Å². The number of amides is 2. The molecule has 9 heteroatoms. The molecule has 0 unspecified atom stereocenters. The zero-order valence-corrected chi connectivity index (χ0v) is 17.9. The van der Waals surface area contributed by atoms with E-state index in [9.17, 15) is 18.4 Å². The summed E-state index contributed by atoms with van der Waals surface area (Å²) in [7, 11) is 1.55. The Labute approximate surface area is 185 Å². The highest BCUT2D eigenvalue weighted by Gasteiger charge is 2.22. The molecule has 1 aliphatic heterocycles.